The average Bonchev–Trinajstić information content (AvgIpc) is 2.35. The number of nitrogens with zero attached hydrogens (tertiary/aromatic N) is 1. The minimum Gasteiger partial charge on any atom is -0.436 e. The topological polar surface area (TPSA) is 42.4 Å². The van der Waals surface area contributed by atoms with Gasteiger partial charge in [-0.15, -0.1) is 0 Å². The fourth-order valence-electron chi connectivity index (χ4n) is 1.31. The summed E-state index contributed by atoms with van der Waals surface area (Å²) < 4.78 is 31.2. The van der Waals surface area contributed by atoms with E-state index in [9.17, 15) is 8.78 Å². The Morgan fingerprint density at radius 3 is 2.72 bits per heavy atom. The second-order valence-electron chi connectivity index (χ2n) is 3.45. The Bertz CT molecular complexity index is 578. The van der Waals surface area contributed by atoms with E-state index >= 15 is 0 Å². The molecule has 0 aliphatic carbocycles. The smallest absolute Gasteiger partial charge is 0.219 e. The van der Waals surface area contributed by atoms with Crippen molar-refractivity contribution in [2.24, 2.45) is 0 Å². The predicted octanol–water partition coefficient (Wildman–Crippen LogP) is 3.30. The molecule has 0 saturated heterocycles. The lowest BCUT2D eigenvalue weighted by Gasteiger charge is -2.07. The predicted molar refractivity (Wildman–Crippen MR) is 61.6 cm³/mol. The van der Waals surface area contributed by atoms with Crippen LogP contribution in [0.2, 0.25) is 5.02 Å². The first-order valence-corrected chi connectivity index (χ1v) is 5.36. The van der Waals surface area contributed by atoms with Crippen molar-refractivity contribution in [2.45, 2.75) is 6.61 Å². The van der Waals surface area contributed by atoms with Gasteiger partial charge >= 0.3 is 0 Å². The number of ether oxygens (including phenoxy) is 1. The number of aliphatic hydroxyl groups excluding tert-OH is 1. The Kier molecular flexibility index (Phi) is 3.74. The van der Waals surface area contributed by atoms with Crippen molar-refractivity contribution in [1.82, 2.24) is 4.98 Å². The number of halogens is 3. The molecule has 0 unspecified atom stereocenters. The average molecular weight is 272 g/mol. The second-order valence-corrected chi connectivity index (χ2v) is 3.86. The van der Waals surface area contributed by atoms with E-state index < -0.39 is 11.6 Å². The van der Waals surface area contributed by atoms with Crippen LogP contribution in [0.5, 0.6) is 11.6 Å². The van der Waals surface area contributed by atoms with E-state index in [4.69, 9.17) is 21.4 Å². The lowest BCUT2D eigenvalue weighted by molar-refractivity contribution is 0.281. The van der Waals surface area contributed by atoms with Crippen LogP contribution in [0.3, 0.4) is 0 Å². The highest BCUT2D eigenvalue weighted by Crippen LogP contribution is 2.26. The van der Waals surface area contributed by atoms with Gasteiger partial charge in [0, 0.05) is 23.9 Å². The van der Waals surface area contributed by atoms with Crippen molar-refractivity contribution in [1.29, 1.82) is 0 Å². The largest absolute Gasteiger partial charge is 0.436 e. The summed E-state index contributed by atoms with van der Waals surface area (Å²) in [6.45, 7) is -0.288. The van der Waals surface area contributed by atoms with E-state index in [0.29, 0.717) is 11.6 Å². The summed E-state index contributed by atoms with van der Waals surface area (Å²) in [5.41, 5.74) is 0.407. The fraction of sp³-hybridized carbons (Fsp3) is 0.0833. The van der Waals surface area contributed by atoms with Gasteiger partial charge in [-0.25, -0.2) is 13.8 Å². The van der Waals surface area contributed by atoms with Gasteiger partial charge in [0.05, 0.1) is 11.6 Å². The molecule has 0 spiro atoms. The number of aliphatic hydroxyl groups is 1. The van der Waals surface area contributed by atoms with Gasteiger partial charge in [0.15, 0.2) is 11.6 Å². The van der Waals surface area contributed by atoms with Crippen molar-refractivity contribution in [2.75, 3.05) is 0 Å². The molecule has 0 amide bonds. The number of rotatable bonds is 3. The van der Waals surface area contributed by atoms with Gasteiger partial charge in [-0.3, -0.25) is 0 Å². The molecule has 2 aromatic rings. The molecular formula is C12H8ClF2NO2. The first-order valence-electron chi connectivity index (χ1n) is 4.98. The maximum Gasteiger partial charge on any atom is 0.219 e. The molecule has 1 heterocycles. The summed E-state index contributed by atoms with van der Waals surface area (Å²) in [4.78, 5) is 3.82. The zero-order chi connectivity index (χ0) is 13.1. The third kappa shape index (κ3) is 2.75. The fourth-order valence-corrected chi connectivity index (χ4v) is 1.47. The molecule has 2 rings (SSSR count). The van der Waals surface area contributed by atoms with Crippen LogP contribution in [0, 0.1) is 11.6 Å². The van der Waals surface area contributed by atoms with Crippen LogP contribution in [0.15, 0.2) is 30.5 Å². The van der Waals surface area contributed by atoms with Crippen LogP contribution in [-0.4, -0.2) is 10.1 Å². The van der Waals surface area contributed by atoms with Crippen molar-refractivity contribution in [3.8, 4) is 11.6 Å². The molecule has 1 aromatic carbocycles. The molecule has 94 valence electrons. The molecule has 1 aromatic heterocycles. The van der Waals surface area contributed by atoms with Gasteiger partial charge in [-0.1, -0.05) is 11.6 Å². The molecule has 1 N–H and O–H groups in total. The van der Waals surface area contributed by atoms with Gasteiger partial charge in [-0.2, -0.15) is 0 Å². The highest BCUT2D eigenvalue weighted by Gasteiger charge is 2.09. The Morgan fingerprint density at radius 2 is 2.06 bits per heavy atom. The zero-order valence-electron chi connectivity index (χ0n) is 9.03. The molecule has 18 heavy (non-hydrogen) atoms. The maximum absolute atomic E-state index is 13.3. The lowest BCUT2D eigenvalue weighted by Crippen LogP contribution is -1.94. The standard InChI is InChI=1S/C12H8ClF2NO2/c13-9-5-16-12(3-7(9)6-17)18-11-2-1-8(14)4-10(11)15/h1-5,17H,6H2. The molecular weight excluding hydrogens is 264 g/mol. The van der Waals surface area contributed by atoms with Crippen molar-refractivity contribution >= 4 is 11.6 Å². The van der Waals surface area contributed by atoms with Crippen LogP contribution < -0.4 is 4.74 Å². The summed E-state index contributed by atoms with van der Waals surface area (Å²) in [7, 11) is 0. The van der Waals surface area contributed by atoms with E-state index in [1.165, 1.54) is 12.3 Å². The van der Waals surface area contributed by atoms with Crippen LogP contribution in [0.25, 0.3) is 0 Å². The number of aromatic nitrogens is 1. The van der Waals surface area contributed by atoms with Crippen molar-refractivity contribution < 1.29 is 18.6 Å². The van der Waals surface area contributed by atoms with Gasteiger partial charge < -0.3 is 9.84 Å². The molecule has 0 atom stereocenters. The normalized spacial score (nSPS) is 10.4. The Balaban J connectivity index is 2.28. The van der Waals surface area contributed by atoms with E-state index in [2.05, 4.69) is 4.98 Å². The molecule has 3 nitrogen and oxygen atoms in total. The summed E-state index contributed by atoms with van der Waals surface area (Å²) in [5.74, 6) is -1.62. The first-order chi connectivity index (χ1) is 8.60. The molecule has 0 saturated carbocycles. The molecule has 6 heteroatoms. The van der Waals surface area contributed by atoms with Gasteiger partial charge in [0.1, 0.15) is 5.82 Å². The number of hydrogen-bond acceptors (Lipinski definition) is 3. The molecule has 0 bridgehead atoms. The highest BCUT2D eigenvalue weighted by molar-refractivity contribution is 6.31. The number of pyridine rings is 1. The van der Waals surface area contributed by atoms with Crippen LogP contribution in [0.1, 0.15) is 5.56 Å². The SMILES string of the molecule is OCc1cc(Oc2ccc(F)cc2F)ncc1Cl. The number of benzene rings is 1. The molecule has 0 radical (unpaired) electrons. The van der Waals surface area contributed by atoms with E-state index in [-0.39, 0.29) is 23.3 Å². The van der Waals surface area contributed by atoms with Crippen LogP contribution in [-0.2, 0) is 6.61 Å². The molecule has 0 fully saturated rings. The molecule has 0 aliphatic heterocycles. The number of hydrogen-bond donors (Lipinski definition) is 1. The third-order valence-corrected chi connectivity index (χ3v) is 2.53. The lowest BCUT2D eigenvalue weighted by atomic mass is 10.3. The summed E-state index contributed by atoms with van der Waals surface area (Å²) in [6, 6.07) is 4.31. The maximum atomic E-state index is 13.3. The van der Waals surface area contributed by atoms with Gasteiger partial charge in [0.2, 0.25) is 5.88 Å². The van der Waals surface area contributed by atoms with Crippen LogP contribution in [0.4, 0.5) is 8.78 Å². The van der Waals surface area contributed by atoms with Gasteiger partial charge in [-0.05, 0) is 12.1 Å². The monoisotopic (exact) mass is 271 g/mol. The third-order valence-electron chi connectivity index (χ3n) is 2.19. The van der Waals surface area contributed by atoms with Gasteiger partial charge in [0.25, 0.3) is 0 Å². The Hall–Kier alpha value is -1.72. The van der Waals surface area contributed by atoms with Crippen molar-refractivity contribution in [3.63, 3.8) is 0 Å². The second kappa shape index (κ2) is 5.29. The minimum absolute atomic E-state index is 0.0639. The highest BCUT2D eigenvalue weighted by atomic mass is 35.5. The first kappa shape index (κ1) is 12.7. The summed E-state index contributed by atoms with van der Waals surface area (Å²) in [6.07, 6.45) is 1.28. The zero-order valence-corrected chi connectivity index (χ0v) is 9.79. The van der Waals surface area contributed by atoms with Crippen molar-refractivity contribution in [3.05, 3.63) is 52.7 Å². The molecule has 0 aliphatic rings. The van der Waals surface area contributed by atoms with E-state index in [0.717, 1.165) is 12.1 Å². The summed E-state index contributed by atoms with van der Waals surface area (Å²) >= 11 is 5.75. The Labute approximate surface area is 107 Å². The van der Waals surface area contributed by atoms with E-state index in [1.807, 2.05) is 0 Å². The quantitative estimate of drug-likeness (QED) is 0.931. The summed E-state index contributed by atoms with van der Waals surface area (Å²) in [5, 5.41) is 9.29. The Morgan fingerprint density at radius 1 is 1.28 bits per heavy atom. The van der Waals surface area contributed by atoms with E-state index in [1.54, 1.807) is 0 Å². The van der Waals surface area contributed by atoms with Crippen LogP contribution >= 0.6 is 11.6 Å². The minimum atomic E-state index is -0.836.